The molecule has 6 heteroatoms. The standard InChI is InChI=1S/C30H46O6/c1-25(24(35)36)14-18-17-13-19(32)23-27(3)9-8-21(33)28(4,16-31)20(27)7-10-30(23,6)29(17,5)12-11-26(18,2)22(34)15-25/h13,18,20-23,31,33-34H,7-12,14-16H2,1-6H3,(H,35,36)/t18-,20+,21?,22?,23+,25+,26+,27-,28+,29+,30+/m0/s1. The topological polar surface area (TPSA) is 115 Å². The Labute approximate surface area is 215 Å². The highest BCUT2D eigenvalue weighted by Gasteiger charge is 2.71. The lowest BCUT2D eigenvalue weighted by Crippen LogP contribution is -2.68. The average Bonchev–Trinajstić information content (AvgIpc) is 2.79. The highest BCUT2D eigenvalue weighted by molar-refractivity contribution is 5.95. The second kappa shape index (κ2) is 7.66. The number of fused-ring (bicyclic) bond motifs is 7. The number of allylic oxidation sites excluding steroid dienone is 2. The van der Waals surface area contributed by atoms with Gasteiger partial charge in [-0.1, -0.05) is 40.2 Å². The van der Waals surface area contributed by atoms with E-state index in [1.165, 1.54) is 0 Å². The third kappa shape index (κ3) is 2.95. The van der Waals surface area contributed by atoms with E-state index in [2.05, 4.69) is 27.7 Å². The quantitative estimate of drug-likeness (QED) is 0.446. The number of carboxylic acids is 1. The zero-order chi connectivity index (χ0) is 26.7. The molecule has 202 valence electrons. The normalized spacial score (nSPS) is 56.5. The van der Waals surface area contributed by atoms with Crippen molar-refractivity contribution in [2.75, 3.05) is 6.61 Å². The van der Waals surface area contributed by atoms with Crippen LogP contribution in [0.5, 0.6) is 0 Å². The smallest absolute Gasteiger partial charge is 0.309 e. The molecule has 5 aliphatic rings. The van der Waals surface area contributed by atoms with Gasteiger partial charge < -0.3 is 20.4 Å². The Morgan fingerprint density at radius 2 is 1.58 bits per heavy atom. The molecule has 5 rings (SSSR count). The fourth-order valence-corrected chi connectivity index (χ4v) is 10.5. The maximum atomic E-state index is 14.2. The van der Waals surface area contributed by atoms with Gasteiger partial charge in [0, 0.05) is 16.7 Å². The number of ketones is 1. The first-order valence-electron chi connectivity index (χ1n) is 14.0. The minimum absolute atomic E-state index is 0.0555. The maximum Gasteiger partial charge on any atom is 0.309 e. The molecule has 0 aromatic rings. The second-order valence-electron chi connectivity index (χ2n) is 14.8. The molecule has 0 aromatic heterocycles. The van der Waals surface area contributed by atoms with Crippen LogP contribution >= 0.6 is 0 Å². The van der Waals surface area contributed by atoms with Crippen molar-refractivity contribution >= 4 is 11.8 Å². The molecule has 2 unspecified atom stereocenters. The Morgan fingerprint density at radius 1 is 0.917 bits per heavy atom. The van der Waals surface area contributed by atoms with Gasteiger partial charge in [0.2, 0.25) is 0 Å². The van der Waals surface area contributed by atoms with Crippen LogP contribution in [-0.2, 0) is 9.59 Å². The molecule has 0 saturated heterocycles. The van der Waals surface area contributed by atoms with Gasteiger partial charge >= 0.3 is 5.97 Å². The zero-order valence-electron chi connectivity index (χ0n) is 22.9. The van der Waals surface area contributed by atoms with E-state index in [4.69, 9.17) is 0 Å². The van der Waals surface area contributed by atoms with Gasteiger partial charge in [-0.3, -0.25) is 9.59 Å². The monoisotopic (exact) mass is 502 g/mol. The fourth-order valence-electron chi connectivity index (χ4n) is 10.5. The van der Waals surface area contributed by atoms with Gasteiger partial charge in [0.25, 0.3) is 0 Å². The summed E-state index contributed by atoms with van der Waals surface area (Å²) in [7, 11) is 0. The molecule has 0 amide bonds. The lowest BCUT2D eigenvalue weighted by molar-refractivity contribution is -0.216. The molecule has 36 heavy (non-hydrogen) atoms. The molecule has 4 saturated carbocycles. The average molecular weight is 503 g/mol. The van der Waals surface area contributed by atoms with Crippen molar-refractivity contribution in [3.05, 3.63) is 11.6 Å². The number of carboxylic acid groups (broad SMARTS) is 1. The fraction of sp³-hybridized carbons (Fsp3) is 0.867. The van der Waals surface area contributed by atoms with E-state index < -0.39 is 34.4 Å². The summed E-state index contributed by atoms with van der Waals surface area (Å²) < 4.78 is 0. The molecule has 4 fully saturated rings. The number of aliphatic hydroxyl groups is 3. The van der Waals surface area contributed by atoms with Crippen molar-refractivity contribution in [2.45, 2.75) is 105 Å². The Hall–Kier alpha value is -1.24. The first-order valence-corrected chi connectivity index (χ1v) is 14.0. The lowest BCUT2D eigenvalue weighted by Gasteiger charge is -2.70. The molecule has 11 atom stereocenters. The Bertz CT molecular complexity index is 1020. The van der Waals surface area contributed by atoms with Crippen LogP contribution in [0.15, 0.2) is 11.6 Å². The summed E-state index contributed by atoms with van der Waals surface area (Å²) in [5.41, 5.74) is -1.91. The van der Waals surface area contributed by atoms with Gasteiger partial charge in [0.1, 0.15) is 0 Å². The third-order valence-electron chi connectivity index (χ3n) is 13.3. The third-order valence-corrected chi connectivity index (χ3v) is 13.3. The molecule has 5 aliphatic carbocycles. The number of hydrogen-bond donors (Lipinski definition) is 4. The van der Waals surface area contributed by atoms with Crippen LogP contribution in [0.25, 0.3) is 0 Å². The number of rotatable bonds is 2. The summed E-state index contributed by atoms with van der Waals surface area (Å²) in [6, 6.07) is 0. The number of aliphatic hydroxyl groups excluding tert-OH is 3. The van der Waals surface area contributed by atoms with Crippen LogP contribution in [0.2, 0.25) is 0 Å². The summed E-state index contributed by atoms with van der Waals surface area (Å²) in [5.74, 6) is -1.06. The number of aliphatic carboxylic acids is 1. The van der Waals surface area contributed by atoms with E-state index in [1.807, 2.05) is 13.0 Å². The van der Waals surface area contributed by atoms with E-state index in [0.717, 1.165) is 37.7 Å². The van der Waals surface area contributed by atoms with Crippen LogP contribution in [-0.4, -0.2) is 51.0 Å². The molecule has 0 heterocycles. The summed E-state index contributed by atoms with van der Waals surface area (Å²) in [6.07, 6.45) is 5.98. The first kappa shape index (κ1) is 26.4. The molecule has 0 spiro atoms. The molecule has 4 N–H and O–H groups in total. The highest BCUT2D eigenvalue weighted by atomic mass is 16.4. The molecular formula is C30H46O6. The summed E-state index contributed by atoms with van der Waals surface area (Å²) >= 11 is 0. The van der Waals surface area contributed by atoms with Crippen LogP contribution in [0.4, 0.5) is 0 Å². The van der Waals surface area contributed by atoms with E-state index in [1.54, 1.807) is 6.92 Å². The summed E-state index contributed by atoms with van der Waals surface area (Å²) in [5, 5.41) is 42.6. The highest BCUT2D eigenvalue weighted by Crippen LogP contribution is 2.75. The van der Waals surface area contributed by atoms with Crippen molar-refractivity contribution in [3.8, 4) is 0 Å². The van der Waals surface area contributed by atoms with Crippen LogP contribution in [0.3, 0.4) is 0 Å². The molecular weight excluding hydrogens is 456 g/mol. The molecule has 0 aliphatic heterocycles. The molecule has 6 nitrogen and oxygen atoms in total. The Kier molecular flexibility index (Phi) is 5.61. The number of carbonyl (C=O) groups excluding carboxylic acids is 1. The van der Waals surface area contributed by atoms with E-state index in [0.29, 0.717) is 12.8 Å². The van der Waals surface area contributed by atoms with E-state index in [9.17, 15) is 30.0 Å². The van der Waals surface area contributed by atoms with Gasteiger partial charge in [-0.25, -0.2) is 0 Å². The largest absolute Gasteiger partial charge is 0.481 e. The predicted molar refractivity (Wildman–Crippen MR) is 136 cm³/mol. The van der Waals surface area contributed by atoms with Crippen LogP contribution < -0.4 is 0 Å². The molecule has 0 radical (unpaired) electrons. The van der Waals surface area contributed by atoms with Gasteiger partial charge in [0.05, 0.1) is 24.2 Å². The van der Waals surface area contributed by atoms with E-state index in [-0.39, 0.29) is 52.8 Å². The minimum Gasteiger partial charge on any atom is -0.481 e. The van der Waals surface area contributed by atoms with Gasteiger partial charge in [-0.15, -0.1) is 0 Å². The second-order valence-corrected chi connectivity index (χ2v) is 14.8. The van der Waals surface area contributed by atoms with Crippen molar-refractivity contribution in [1.82, 2.24) is 0 Å². The summed E-state index contributed by atoms with van der Waals surface area (Å²) in [4.78, 5) is 26.5. The van der Waals surface area contributed by atoms with Gasteiger partial charge in [-0.05, 0) is 92.4 Å². The maximum absolute atomic E-state index is 14.2. The SMILES string of the molecule is C[C@]1(C(=O)O)CC(O)[C@]2(C)CC[C@]3(C)C(=CC(=O)[C@@H]4[C@@]5(C)CCC(O)[C@](C)(CO)[C@@H]5CC[C@]43C)[C@@H]2C1. The van der Waals surface area contributed by atoms with E-state index >= 15 is 0 Å². The summed E-state index contributed by atoms with van der Waals surface area (Å²) in [6.45, 7) is 12.5. The molecule has 0 aromatic carbocycles. The number of hydrogen-bond acceptors (Lipinski definition) is 5. The first-order chi connectivity index (χ1) is 16.5. The van der Waals surface area contributed by atoms with Crippen LogP contribution in [0, 0.1) is 50.2 Å². The van der Waals surface area contributed by atoms with Gasteiger partial charge in [-0.2, -0.15) is 0 Å². The Morgan fingerprint density at radius 3 is 2.19 bits per heavy atom. The van der Waals surface area contributed by atoms with Crippen LogP contribution in [0.1, 0.15) is 92.9 Å². The molecule has 0 bridgehead atoms. The number of carbonyl (C=O) groups is 2. The lowest BCUT2D eigenvalue weighted by atomic mass is 9.33. The predicted octanol–water partition coefficient (Wildman–Crippen LogP) is 4.36. The minimum atomic E-state index is -1.02. The van der Waals surface area contributed by atoms with Crippen molar-refractivity contribution in [1.29, 1.82) is 0 Å². The Balaban J connectivity index is 1.64. The van der Waals surface area contributed by atoms with Crippen molar-refractivity contribution in [2.24, 2.45) is 50.2 Å². The van der Waals surface area contributed by atoms with Gasteiger partial charge in [0.15, 0.2) is 5.78 Å². The zero-order valence-corrected chi connectivity index (χ0v) is 22.9. The van der Waals surface area contributed by atoms with Crippen molar-refractivity contribution in [3.63, 3.8) is 0 Å². The van der Waals surface area contributed by atoms with Crippen molar-refractivity contribution < 1.29 is 30.0 Å².